The molecule has 3 aromatic rings. The molecule has 0 saturated carbocycles. The quantitative estimate of drug-likeness (QED) is 0.804. The number of rotatable bonds is 4. The predicted octanol–water partition coefficient (Wildman–Crippen LogP) is 3.13. The van der Waals surface area contributed by atoms with Crippen LogP contribution < -0.4 is 0 Å². The van der Waals surface area contributed by atoms with Gasteiger partial charge in [0.2, 0.25) is 0 Å². The van der Waals surface area contributed by atoms with E-state index in [0.717, 1.165) is 39.3 Å². The van der Waals surface area contributed by atoms with Gasteiger partial charge in [-0.3, -0.25) is 4.68 Å². The van der Waals surface area contributed by atoms with Gasteiger partial charge >= 0.3 is 0 Å². The first-order valence-electron chi connectivity index (χ1n) is 7.03. The van der Waals surface area contributed by atoms with Crippen molar-refractivity contribution in [2.45, 2.75) is 26.5 Å². The molecule has 0 aliphatic carbocycles. The van der Waals surface area contributed by atoms with E-state index in [1.54, 1.807) is 0 Å². The molecule has 4 nitrogen and oxygen atoms in total. The van der Waals surface area contributed by atoms with E-state index in [1.165, 1.54) is 0 Å². The maximum atomic E-state index is 9.41. The van der Waals surface area contributed by atoms with Crippen LogP contribution in [0.25, 0.3) is 10.9 Å². The normalized spacial score (nSPS) is 11.4. The minimum absolute atomic E-state index is 0.0494. The molecule has 0 saturated heterocycles. The van der Waals surface area contributed by atoms with Crippen LogP contribution in [0, 0.1) is 0 Å². The van der Waals surface area contributed by atoms with Crippen molar-refractivity contribution in [2.24, 2.45) is 7.05 Å². The summed E-state index contributed by atoms with van der Waals surface area (Å²) < 4.78 is 3.99. The van der Waals surface area contributed by atoms with Gasteiger partial charge in [-0.1, -0.05) is 30.7 Å². The van der Waals surface area contributed by atoms with Crippen molar-refractivity contribution in [2.75, 3.05) is 0 Å². The van der Waals surface area contributed by atoms with Gasteiger partial charge in [0.1, 0.15) is 0 Å². The second-order valence-electron chi connectivity index (χ2n) is 5.14. The van der Waals surface area contributed by atoms with Gasteiger partial charge in [-0.25, -0.2) is 0 Å². The van der Waals surface area contributed by atoms with Crippen molar-refractivity contribution in [3.05, 3.63) is 52.4 Å². The Kier molecular flexibility index (Phi) is 3.74. The summed E-state index contributed by atoms with van der Waals surface area (Å²) in [6.45, 7) is 2.77. The molecule has 1 N–H and O–H groups in total. The number of aromatic nitrogens is 3. The number of aryl methyl sites for hydroxylation is 2. The Balaban J connectivity index is 2.05. The van der Waals surface area contributed by atoms with Crippen LogP contribution in [-0.4, -0.2) is 19.5 Å². The topological polar surface area (TPSA) is 43.0 Å². The van der Waals surface area contributed by atoms with Crippen LogP contribution in [-0.2, 0) is 26.6 Å². The van der Waals surface area contributed by atoms with E-state index in [0.29, 0.717) is 6.54 Å². The summed E-state index contributed by atoms with van der Waals surface area (Å²) in [6.07, 6.45) is 2.85. The van der Waals surface area contributed by atoms with Crippen LogP contribution in [0.1, 0.15) is 23.9 Å². The third-order valence-corrected chi connectivity index (χ3v) is 4.33. The van der Waals surface area contributed by atoms with Crippen molar-refractivity contribution in [3.63, 3.8) is 0 Å². The molecule has 0 aliphatic heterocycles. The molecule has 0 radical (unpaired) electrons. The Morgan fingerprint density at radius 1 is 1.29 bits per heavy atom. The molecule has 0 atom stereocenters. The van der Waals surface area contributed by atoms with Crippen LogP contribution >= 0.6 is 11.6 Å². The van der Waals surface area contributed by atoms with Gasteiger partial charge in [0.15, 0.2) is 0 Å². The van der Waals surface area contributed by atoms with Gasteiger partial charge in [0, 0.05) is 24.1 Å². The average molecular weight is 304 g/mol. The third-order valence-electron chi connectivity index (χ3n) is 3.90. The maximum absolute atomic E-state index is 9.41. The van der Waals surface area contributed by atoms with Crippen molar-refractivity contribution >= 4 is 22.5 Å². The van der Waals surface area contributed by atoms with Crippen molar-refractivity contribution < 1.29 is 5.11 Å². The molecule has 0 unspecified atom stereocenters. The van der Waals surface area contributed by atoms with E-state index in [4.69, 9.17) is 11.6 Å². The monoisotopic (exact) mass is 303 g/mol. The fourth-order valence-corrected chi connectivity index (χ4v) is 3.07. The highest BCUT2D eigenvalue weighted by atomic mass is 35.5. The summed E-state index contributed by atoms with van der Waals surface area (Å²) in [5, 5.41) is 15.7. The molecule has 0 bridgehead atoms. The van der Waals surface area contributed by atoms with Gasteiger partial charge in [0.05, 0.1) is 29.6 Å². The Hall–Kier alpha value is -1.78. The highest BCUT2D eigenvalue weighted by Crippen LogP contribution is 2.25. The first-order valence-corrected chi connectivity index (χ1v) is 7.41. The van der Waals surface area contributed by atoms with Gasteiger partial charge in [-0.15, -0.1) is 0 Å². The first-order chi connectivity index (χ1) is 10.2. The Morgan fingerprint density at radius 2 is 2.10 bits per heavy atom. The van der Waals surface area contributed by atoms with Crippen molar-refractivity contribution in [3.8, 4) is 0 Å². The fourth-order valence-electron chi connectivity index (χ4n) is 2.72. The molecule has 0 aliphatic rings. The van der Waals surface area contributed by atoms with Crippen LogP contribution in [0.2, 0.25) is 5.02 Å². The smallest absolute Gasteiger partial charge is 0.0868 e. The number of fused-ring (bicyclic) bond motifs is 1. The lowest BCUT2D eigenvalue weighted by molar-refractivity contribution is 0.283. The van der Waals surface area contributed by atoms with Gasteiger partial charge < -0.3 is 9.67 Å². The van der Waals surface area contributed by atoms with Crippen LogP contribution in [0.3, 0.4) is 0 Å². The van der Waals surface area contributed by atoms with E-state index in [2.05, 4.69) is 22.7 Å². The first kappa shape index (κ1) is 14.2. The number of aliphatic hydroxyl groups is 1. The molecule has 1 aromatic carbocycles. The highest BCUT2D eigenvalue weighted by molar-refractivity contribution is 6.31. The molecule has 0 spiro atoms. The Labute approximate surface area is 128 Å². The summed E-state index contributed by atoms with van der Waals surface area (Å²) in [4.78, 5) is 0. The second-order valence-corrected chi connectivity index (χ2v) is 5.51. The number of benzene rings is 1. The molecule has 110 valence electrons. The van der Waals surface area contributed by atoms with Gasteiger partial charge in [-0.05, 0) is 24.1 Å². The van der Waals surface area contributed by atoms with E-state index >= 15 is 0 Å². The second kappa shape index (κ2) is 5.54. The molecule has 2 aromatic heterocycles. The lowest BCUT2D eigenvalue weighted by Crippen LogP contribution is -2.05. The number of halogens is 1. The van der Waals surface area contributed by atoms with Crippen molar-refractivity contribution in [1.29, 1.82) is 0 Å². The standard InChI is InChI=1S/C16H18ClN3O/c1-3-13-16(17)15(19(2)18-13)9-20-8-7-12-11(10-21)5-4-6-14(12)20/h4-8,21H,3,9-10H2,1-2H3. The van der Waals surface area contributed by atoms with E-state index < -0.39 is 0 Å². The molecule has 3 rings (SSSR count). The van der Waals surface area contributed by atoms with Crippen LogP contribution in [0.5, 0.6) is 0 Å². The summed E-state index contributed by atoms with van der Waals surface area (Å²) >= 11 is 6.42. The lowest BCUT2D eigenvalue weighted by atomic mass is 10.1. The van der Waals surface area contributed by atoms with E-state index in [-0.39, 0.29) is 6.61 Å². The minimum atomic E-state index is 0.0494. The zero-order valence-electron chi connectivity index (χ0n) is 12.2. The van der Waals surface area contributed by atoms with E-state index in [9.17, 15) is 5.11 Å². The Morgan fingerprint density at radius 3 is 2.76 bits per heavy atom. The summed E-state index contributed by atoms with van der Waals surface area (Å²) in [7, 11) is 1.92. The highest BCUT2D eigenvalue weighted by Gasteiger charge is 2.14. The SMILES string of the molecule is CCc1nn(C)c(Cn2ccc3c(CO)cccc32)c1Cl. The fraction of sp³-hybridized carbons (Fsp3) is 0.312. The number of hydrogen-bond acceptors (Lipinski definition) is 2. The third kappa shape index (κ3) is 2.34. The van der Waals surface area contributed by atoms with Crippen LogP contribution in [0.15, 0.2) is 30.5 Å². The molecule has 21 heavy (non-hydrogen) atoms. The molecular formula is C16H18ClN3O. The zero-order valence-corrected chi connectivity index (χ0v) is 12.9. The van der Waals surface area contributed by atoms with Crippen molar-refractivity contribution in [1.82, 2.24) is 14.3 Å². The molecule has 5 heteroatoms. The zero-order chi connectivity index (χ0) is 15.0. The molecule has 2 heterocycles. The molecule has 0 amide bonds. The summed E-state index contributed by atoms with van der Waals surface area (Å²) in [6, 6.07) is 8.00. The summed E-state index contributed by atoms with van der Waals surface area (Å²) in [5.74, 6) is 0. The van der Waals surface area contributed by atoms with E-state index in [1.807, 2.05) is 36.1 Å². The largest absolute Gasteiger partial charge is 0.392 e. The number of nitrogens with zero attached hydrogens (tertiary/aromatic N) is 3. The predicted molar refractivity (Wildman–Crippen MR) is 84.6 cm³/mol. The molecular weight excluding hydrogens is 286 g/mol. The number of hydrogen-bond donors (Lipinski definition) is 1. The van der Waals surface area contributed by atoms with Gasteiger partial charge in [-0.2, -0.15) is 5.10 Å². The summed E-state index contributed by atoms with van der Waals surface area (Å²) in [5.41, 5.74) is 3.97. The van der Waals surface area contributed by atoms with Crippen LogP contribution in [0.4, 0.5) is 0 Å². The lowest BCUT2D eigenvalue weighted by Gasteiger charge is -2.07. The maximum Gasteiger partial charge on any atom is 0.0868 e. The molecule has 0 fully saturated rings. The Bertz CT molecular complexity index is 788. The average Bonchev–Trinajstić information content (AvgIpc) is 3.03. The van der Waals surface area contributed by atoms with Gasteiger partial charge in [0.25, 0.3) is 0 Å². The number of aliphatic hydroxyl groups excluding tert-OH is 1. The minimum Gasteiger partial charge on any atom is -0.392 e.